The van der Waals surface area contributed by atoms with Gasteiger partial charge in [0, 0.05) is 13.1 Å². The standard InChI is InChI=1S/C21H16ClFN6O3/c22-14-7-12(3-6-15(14)23)9-25-20(30)18-16-17(26-10-27-18)19(29-28-16)24-8-11-1-4-13(5-2-11)21(31)32/h1-7,10H,8-9H2,(H,25,30)(H,31,32)(H2,24,28,29). The summed E-state index contributed by atoms with van der Waals surface area (Å²) >= 11 is 5.77. The maximum atomic E-state index is 13.3. The second kappa shape index (κ2) is 8.98. The molecule has 4 rings (SSSR count). The molecule has 0 aliphatic carbocycles. The largest absolute Gasteiger partial charge is 0.478 e. The molecule has 2 aromatic carbocycles. The Morgan fingerprint density at radius 1 is 1.06 bits per heavy atom. The number of anilines is 1. The summed E-state index contributed by atoms with van der Waals surface area (Å²) < 4.78 is 13.3. The van der Waals surface area contributed by atoms with Gasteiger partial charge in [0.05, 0.1) is 10.6 Å². The smallest absolute Gasteiger partial charge is 0.335 e. The minimum atomic E-state index is -0.993. The molecule has 0 radical (unpaired) electrons. The number of halogens is 2. The van der Waals surface area contributed by atoms with E-state index in [0.29, 0.717) is 29.0 Å². The van der Waals surface area contributed by atoms with Crippen LogP contribution < -0.4 is 10.6 Å². The highest BCUT2D eigenvalue weighted by atomic mass is 35.5. The van der Waals surface area contributed by atoms with E-state index in [4.69, 9.17) is 16.7 Å². The molecule has 1 amide bonds. The molecule has 0 saturated heterocycles. The van der Waals surface area contributed by atoms with Crippen LogP contribution in [-0.2, 0) is 13.1 Å². The number of carbonyl (C=O) groups excluding carboxylic acids is 1. The number of amides is 1. The molecule has 2 aromatic heterocycles. The third kappa shape index (κ3) is 4.49. The monoisotopic (exact) mass is 454 g/mol. The summed E-state index contributed by atoms with van der Waals surface area (Å²) in [6, 6.07) is 10.6. The molecule has 0 unspecified atom stereocenters. The minimum Gasteiger partial charge on any atom is -0.478 e. The molecule has 0 spiro atoms. The Hall–Kier alpha value is -4.05. The van der Waals surface area contributed by atoms with E-state index < -0.39 is 17.7 Å². The zero-order valence-corrected chi connectivity index (χ0v) is 17.2. The zero-order valence-electron chi connectivity index (χ0n) is 16.4. The number of nitrogens with one attached hydrogen (secondary N) is 3. The quantitative estimate of drug-likeness (QED) is 0.336. The van der Waals surface area contributed by atoms with Crippen LogP contribution in [0.15, 0.2) is 48.8 Å². The summed E-state index contributed by atoms with van der Waals surface area (Å²) in [5.41, 5.74) is 2.56. The van der Waals surface area contributed by atoms with Crippen molar-refractivity contribution in [3.05, 3.63) is 82.0 Å². The topological polar surface area (TPSA) is 133 Å². The van der Waals surface area contributed by atoms with E-state index >= 15 is 0 Å². The first-order valence-electron chi connectivity index (χ1n) is 9.39. The summed E-state index contributed by atoms with van der Waals surface area (Å²) in [5, 5.41) is 21.7. The van der Waals surface area contributed by atoms with E-state index in [1.54, 1.807) is 12.1 Å². The van der Waals surface area contributed by atoms with Crippen molar-refractivity contribution in [3.63, 3.8) is 0 Å². The van der Waals surface area contributed by atoms with Crippen LogP contribution in [0.4, 0.5) is 10.2 Å². The molecule has 4 aromatic rings. The van der Waals surface area contributed by atoms with Gasteiger partial charge in [-0.15, -0.1) is 0 Å². The fourth-order valence-corrected chi connectivity index (χ4v) is 3.20. The lowest BCUT2D eigenvalue weighted by atomic mass is 10.1. The van der Waals surface area contributed by atoms with Crippen molar-refractivity contribution in [3.8, 4) is 0 Å². The lowest BCUT2D eigenvalue weighted by molar-refractivity contribution is 0.0696. The van der Waals surface area contributed by atoms with Crippen molar-refractivity contribution in [1.82, 2.24) is 25.5 Å². The van der Waals surface area contributed by atoms with E-state index in [0.717, 1.165) is 5.56 Å². The van der Waals surface area contributed by atoms with Gasteiger partial charge in [-0.05, 0) is 35.4 Å². The first-order chi connectivity index (χ1) is 15.4. The Bertz CT molecular complexity index is 1310. The average Bonchev–Trinajstić information content (AvgIpc) is 3.21. The lowest BCUT2D eigenvalue weighted by Crippen LogP contribution is -2.24. The second-order valence-electron chi connectivity index (χ2n) is 6.80. The van der Waals surface area contributed by atoms with Gasteiger partial charge in [0.2, 0.25) is 0 Å². The number of H-pyrrole nitrogens is 1. The fourth-order valence-electron chi connectivity index (χ4n) is 3.00. The molecule has 0 atom stereocenters. The molecule has 32 heavy (non-hydrogen) atoms. The molecule has 0 fully saturated rings. The number of aromatic amines is 1. The van der Waals surface area contributed by atoms with Crippen LogP contribution in [0.2, 0.25) is 5.02 Å². The van der Waals surface area contributed by atoms with Crippen LogP contribution in [0.1, 0.15) is 32.0 Å². The van der Waals surface area contributed by atoms with Gasteiger partial charge >= 0.3 is 5.97 Å². The van der Waals surface area contributed by atoms with Crippen molar-refractivity contribution in [1.29, 1.82) is 0 Å². The van der Waals surface area contributed by atoms with E-state index in [-0.39, 0.29) is 22.8 Å². The summed E-state index contributed by atoms with van der Waals surface area (Å²) in [6.07, 6.45) is 1.26. The number of fused-ring (bicyclic) bond motifs is 1. The van der Waals surface area contributed by atoms with E-state index in [1.807, 2.05) is 0 Å². The van der Waals surface area contributed by atoms with Gasteiger partial charge in [-0.1, -0.05) is 29.8 Å². The number of benzene rings is 2. The normalized spacial score (nSPS) is 10.8. The molecule has 0 aliphatic heterocycles. The van der Waals surface area contributed by atoms with Crippen LogP contribution in [0.25, 0.3) is 11.0 Å². The van der Waals surface area contributed by atoms with E-state index in [9.17, 15) is 14.0 Å². The number of carboxylic acid groups (broad SMARTS) is 1. The number of aromatic carboxylic acids is 1. The third-order valence-corrected chi connectivity index (χ3v) is 4.95. The van der Waals surface area contributed by atoms with Gasteiger partial charge in [-0.2, -0.15) is 5.10 Å². The maximum absolute atomic E-state index is 13.3. The maximum Gasteiger partial charge on any atom is 0.335 e. The Kier molecular flexibility index (Phi) is 5.95. The third-order valence-electron chi connectivity index (χ3n) is 4.66. The molecule has 0 aliphatic rings. The van der Waals surface area contributed by atoms with Crippen molar-refractivity contribution < 1.29 is 19.1 Å². The minimum absolute atomic E-state index is 0.0249. The van der Waals surface area contributed by atoms with Crippen LogP contribution >= 0.6 is 11.6 Å². The number of hydrogen-bond donors (Lipinski definition) is 4. The molecule has 162 valence electrons. The van der Waals surface area contributed by atoms with Gasteiger partial charge in [-0.3, -0.25) is 9.89 Å². The highest BCUT2D eigenvalue weighted by molar-refractivity contribution is 6.30. The van der Waals surface area contributed by atoms with Crippen molar-refractivity contribution in [2.24, 2.45) is 0 Å². The molecule has 4 N–H and O–H groups in total. The molecule has 0 bridgehead atoms. The van der Waals surface area contributed by atoms with Crippen LogP contribution in [0.5, 0.6) is 0 Å². The van der Waals surface area contributed by atoms with Crippen molar-refractivity contribution >= 4 is 40.3 Å². The van der Waals surface area contributed by atoms with Gasteiger partial charge in [0.1, 0.15) is 23.2 Å². The molecule has 9 nitrogen and oxygen atoms in total. The number of nitrogens with zero attached hydrogens (tertiary/aromatic N) is 3. The predicted octanol–water partition coefficient (Wildman–Crippen LogP) is 3.39. The van der Waals surface area contributed by atoms with Crippen LogP contribution in [0, 0.1) is 5.82 Å². The Balaban J connectivity index is 1.46. The zero-order chi connectivity index (χ0) is 22.7. The Labute approximate surface area is 185 Å². The summed E-state index contributed by atoms with van der Waals surface area (Å²) in [5.74, 6) is -1.57. The number of carboxylic acids is 1. The fraction of sp³-hybridized carbons (Fsp3) is 0.0952. The number of rotatable bonds is 7. The number of carbonyl (C=O) groups is 2. The first kappa shape index (κ1) is 21.2. The lowest BCUT2D eigenvalue weighted by Gasteiger charge is -2.06. The van der Waals surface area contributed by atoms with Crippen LogP contribution in [-0.4, -0.2) is 37.1 Å². The van der Waals surface area contributed by atoms with E-state index in [2.05, 4.69) is 30.8 Å². The molecule has 0 saturated carbocycles. The summed E-state index contributed by atoms with van der Waals surface area (Å²) in [7, 11) is 0. The highest BCUT2D eigenvalue weighted by Gasteiger charge is 2.17. The molecule has 11 heteroatoms. The first-order valence-corrected chi connectivity index (χ1v) is 9.77. The average molecular weight is 455 g/mol. The molecular weight excluding hydrogens is 439 g/mol. The Morgan fingerprint density at radius 3 is 2.53 bits per heavy atom. The molecule has 2 heterocycles. The predicted molar refractivity (Wildman–Crippen MR) is 115 cm³/mol. The number of aromatic nitrogens is 4. The number of hydrogen-bond acceptors (Lipinski definition) is 6. The Morgan fingerprint density at radius 2 is 1.81 bits per heavy atom. The van der Waals surface area contributed by atoms with Crippen molar-refractivity contribution in [2.45, 2.75) is 13.1 Å². The highest BCUT2D eigenvalue weighted by Crippen LogP contribution is 2.21. The SMILES string of the molecule is O=C(O)c1ccc(CNc2n[nH]c3c(C(=O)NCc4ccc(F)c(Cl)c4)ncnc23)cc1. The van der Waals surface area contributed by atoms with Gasteiger partial charge in [0.15, 0.2) is 11.5 Å². The van der Waals surface area contributed by atoms with Crippen molar-refractivity contribution in [2.75, 3.05) is 5.32 Å². The van der Waals surface area contributed by atoms with E-state index in [1.165, 1.54) is 36.7 Å². The van der Waals surface area contributed by atoms with Gasteiger partial charge < -0.3 is 15.7 Å². The van der Waals surface area contributed by atoms with Gasteiger partial charge in [0.25, 0.3) is 5.91 Å². The molecular formula is C21H16ClFN6O3. The van der Waals surface area contributed by atoms with Crippen LogP contribution in [0.3, 0.4) is 0 Å². The van der Waals surface area contributed by atoms with Gasteiger partial charge in [-0.25, -0.2) is 19.2 Å². The second-order valence-corrected chi connectivity index (χ2v) is 7.21. The summed E-state index contributed by atoms with van der Waals surface area (Å²) in [6.45, 7) is 0.507. The summed E-state index contributed by atoms with van der Waals surface area (Å²) in [4.78, 5) is 31.8.